The minimum Gasteiger partial charge on any atom is -0.481 e. The summed E-state index contributed by atoms with van der Waals surface area (Å²) >= 11 is 0. The molecule has 6 nitrogen and oxygen atoms in total. The fourth-order valence-electron chi connectivity index (χ4n) is 1.43. The molecule has 1 aromatic rings. The quantitative estimate of drug-likeness (QED) is 0.618. The van der Waals surface area contributed by atoms with Gasteiger partial charge in [0.05, 0.1) is 17.4 Å². The van der Waals surface area contributed by atoms with Crippen LogP contribution >= 0.6 is 0 Å². The molecule has 0 amide bonds. The standard InChI is InChI=1S/C11H13FN2O4/c1-13(5-4-11(15)16)7-8-2-3-9(14(17)18)6-10(8)12/h2-3,6H,4-5,7H2,1H3,(H,15,16). The number of carboxylic acid groups (broad SMARTS) is 1. The van der Waals surface area contributed by atoms with Gasteiger partial charge < -0.3 is 10.0 Å². The van der Waals surface area contributed by atoms with Gasteiger partial charge in [-0.2, -0.15) is 0 Å². The van der Waals surface area contributed by atoms with Crippen molar-refractivity contribution in [2.45, 2.75) is 13.0 Å². The van der Waals surface area contributed by atoms with Crippen molar-refractivity contribution >= 4 is 11.7 Å². The molecule has 0 aliphatic heterocycles. The number of aliphatic carboxylic acids is 1. The first-order valence-corrected chi connectivity index (χ1v) is 5.23. The second-order valence-corrected chi connectivity index (χ2v) is 3.91. The maximum atomic E-state index is 13.5. The summed E-state index contributed by atoms with van der Waals surface area (Å²) in [6.07, 6.45) is -0.0366. The lowest BCUT2D eigenvalue weighted by atomic mass is 10.2. The monoisotopic (exact) mass is 256 g/mol. The Morgan fingerprint density at radius 2 is 2.22 bits per heavy atom. The Morgan fingerprint density at radius 3 is 2.72 bits per heavy atom. The smallest absolute Gasteiger partial charge is 0.304 e. The van der Waals surface area contributed by atoms with Gasteiger partial charge in [0.25, 0.3) is 5.69 Å². The lowest BCUT2D eigenvalue weighted by Gasteiger charge is -2.15. The molecular weight excluding hydrogens is 243 g/mol. The van der Waals surface area contributed by atoms with Crippen LogP contribution in [0.4, 0.5) is 10.1 Å². The average Bonchev–Trinajstić information content (AvgIpc) is 2.29. The Hall–Kier alpha value is -2.02. The molecule has 1 N–H and O–H groups in total. The van der Waals surface area contributed by atoms with E-state index in [0.717, 1.165) is 6.07 Å². The van der Waals surface area contributed by atoms with Crippen LogP contribution in [-0.4, -0.2) is 34.5 Å². The number of nitro benzene ring substituents is 1. The minimum absolute atomic E-state index is 0.0366. The van der Waals surface area contributed by atoms with E-state index in [9.17, 15) is 19.3 Å². The van der Waals surface area contributed by atoms with Crippen LogP contribution in [0, 0.1) is 15.9 Å². The van der Waals surface area contributed by atoms with Crippen LogP contribution in [0.25, 0.3) is 0 Å². The average molecular weight is 256 g/mol. The number of rotatable bonds is 6. The second-order valence-electron chi connectivity index (χ2n) is 3.91. The minimum atomic E-state index is -0.925. The largest absolute Gasteiger partial charge is 0.481 e. The number of non-ortho nitro benzene ring substituents is 1. The van der Waals surface area contributed by atoms with Crippen molar-refractivity contribution in [3.05, 3.63) is 39.7 Å². The topological polar surface area (TPSA) is 83.7 Å². The predicted octanol–water partition coefficient (Wildman–Crippen LogP) is 1.64. The normalized spacial score (nSPS) is 10.6. The van der Waals surface area contributed by atoms with E-state index in [1.54, 1.807) is 11.9 Å². The molecule has 0 aliphatic rings. The molecule has 0 saturated carbocycles. The Balaban J connectivity index is 2.67. The molecule has 0 atom stereocenters. The van der Waals surface area contributed by atoms with Gasteiger partial charge in [0.15, 0.2) is 0 Å². The highest BCUT2D eigenvalue weighted by molar-refractivity contribution is 5.66. The van der Waals surface area contributed by atoms with Crippen molar-refractivity contribution in [1.82, 2.24) is 4.90 Å². The van der Waals surface area contributed by atoms with Crippen molar-refractivity contribution in [1.29, 1.82) is 0 Å². The first kappa shape index (κ1) is 14.0. The van der Waals surface area contributed by atoms with Gasteiger partial charge >= 0.3 is 5.97 Å². The molecular formula is C11H13FN2O4. The highest BCUT2D eigenvalue weighted by atomic mass is 19.1. The third kappa shape index (κ3) is 4.10. The van der Waals surface area contributed by atoms with Crippen LogP contribution in [0.1, 0.15) is 12.0 Å². The highest BCUT2D eigenvalue weighted by Crippen LogP contribution is 2.17. The molecule has 0 radical (unpaired) electrons. The van der Waals surface area contributed by atoms with E-state index in [2.05, 4.69) is 0 Å². The van der Waals surface area contributed by atoms with E-state index in [1.807, 2.05) is 0 Å². The zero-order chi connectivity index (χ0) is 13.7. The van der Waals surface area contributed by atoms with Gasteiger partial charge in [-0.1, -0.05) is 0 Å². The van der Waals surface area contributed by atoms with Crippen molar-refractivity contribution in [3.63, 3.8) is 0 Å². The SMILES string of the molecule is CN(CCC(=O)O)Cc1ccc([N+](=O)[O-])cc1F. The lowest BCUT2D eigenvalue weighted by Crippen LogP contribution is -2.21. The van der Waals surface area contributed by atoms with E-state index >= 15 is 0 Å². The van der Waals surface area contributed by atoms with Gasteiger partial charge in [-0.05, 0) is 13.1 Å². The van der Waals surface area contributed by atoms with Gasteiger partial charge in [0.1, 0.15) is 5.82 Å². The number of halogens is 1. The first-order chi connectivity index (χ1) is 8.40. The molecule has 0 unspecified atom stereocenters. The molecule has 0 spiro atoms. The van der Waals surface area contributed by atoms with Crippen molar-refractivity contribution in [2.75, 3.05) is 13.6 Å². The number of carbonyl (C=O) groups is 1. The van der Waals surface area contributed by atoms with E-state index < -0.39 is 16.7 Å². The van der Waals surface area contributed by atoms with Crippen molar-refractivity contribution in [3.8, 4) is 0 Å². The zero-order valence-corrected chi connectivity index (χ0v) is 9.80. The van der Waals surface area contributed by atoms with E-state index in [0.29, 0.717) is 5.56 Å². The molecule has 0 bridgehead atoms. The van der Waals surface area contributed by atoms with Crippen LogP contribution in [0.5, 0.6) is 0 Å². The fraction of sp³-hybridized carbons (Fsp3) is 0.364. The van der Waals surface area contributed by atoms with Gasteiger partial charge in [-0.25, -0.2) is 4.39 Å². The van der Waals surface area contributed by atoms with Gasteiger partial charge in [0, 0.05) is 24.7 Å². The molecule has 98 valence electrons. The summed E-state index contributed by atoms with van der Waals surface area (Å²) in [6.45, 7) is 0.489. The van der Waals surface area contributed by atoms with Crippen LogP contribution in [0.15, 0.2) is 18.2 Å². The van der Waals surface area contributed by atoms with E-state index in [1.165, 1.54) is 12.1 Å². The summed E-state index contributed by atoms with van der Waals surface area (Å²) in [5.41, 5.74) is -0.00192. The summed E-state index contributed by atoms with van der Waals surface area (Å²) in [7, 11) is 1.66. The summed E-state index contributed by atoms with van der Waals surface area (Å²) in [5, 5.41) is 18.9. The second kappa shape index (κ2) is 6.06. The summed E-state index contributed by atoms with van der Waals surface area (Å²) < 4.78 is 13.5. The maximum Gasteiger partial charge on any atom is 0.304 e. The molecule has 1 aromatic carbocycles. The van der Waals surface area contributed by atoms with Crippen molar-refractivity contribution in [2.24, 2.45) is 0 Å². The van der Waals surface area contributed by atoms with Crippen LogP contribution in [-0.2, 0) is 11.3 Å². The zero-order valence-electron chi connectivity index (χ0n) is 9.80. The molecule has 0 aliphatic carbocycles. The first-order valence-electron chi connectivity index (χ1n) is 5.23. The molecule has 7 heteroatoms. The fourth-order valence-corrected chi connectivity index (χ4v) is 1.43. The number of hydrogen-bond donors (Lipinski definition) is 1. The third-order valence-electron chi connectivity index (χ3n) is 2.40. The van der Waals surface area contributed by atoms with E-state index in [-0.39, 0.29) is 25.2 Å². The Bertz CT molecular complexity index is 464. The number of carboxylic acids is 1. The molecule has 0 saturated heterocycles. The molecule has 0 fully saturated rings. The third-order valence-corrected chi connectivity index (χ3v) is 2.40. The van der Waals surface area contributed by atoms with Crippen molar-refractivity contribution < 1.29 is 19.2 Å². The molecule has 1 rings (SSSR count). The summed E-state index contributed by atoms with van der Waals surface area (Å²) in [5.74, 6) is -1.59. The Kier molecular flexibility index (Phi) is 4.73. The summed E-state index contributed by atoms with van der Waals surface area (Å²) in [4.78, 5) is 21.8. The van der Waals surface area contributed by atoms with Gasteiger partial charge in [0.2, 0.25) is 0 Å². The number of benzene rings is 1. The summed E-state index contributed by atoms with van der Waals surface area (Å²) in [6, 6.07) is 3.43. The Labute approximate surface area is 103 Å². The number of hydrogen-bond acceptors (Lipinski definition) is 4. The molecule has 0 heterocycles. The molecule has 18 heavy (non-hydrogen) atoms. The highest BCUT2D eigenvalue weighted by Gasteiger charge is 2.12. The van der Waals surface area contributed by atoms with Gasteiger partial charge in [-0.3, -0.25) is 14.9 Å². The van der Waals surface area contributed by atoms with Crippen LogP contribution < -0.4 is 0 Å². The predicted molar refractivity (Wildman–Crippen MR) is 61.6 cm³/mol. The van der Waals surface area contributed by atoms with Crippen LogP contribution in [0.2, 0.25) is 0 Å². The number of nitrogens with zero attached hydrogens (tertiary/aromatic N) is 2. The number of nitro groups is 1. The van der Waals surface area contributed by atoms with Gasteiger partial charge in [-0.15, -0.1) is 0 Å². The Morgan fingerprint density at radius 1 is 1.56 bits per heavy atom. The van der Waals surface area contributed by atoms with E-state index in [4.69, 9.17) is 5.11 Å². The van der Waals surface area contributed by atoms with Crippen LogP contribution in [0.3, 0.4) is 0 Å². The maximum absolute atomic E-state index is 13.5. The molecule has 0 aromatic heterocycles. The lowest BCUT2D eigenvalue weighted by molar-refractivity contribution is -0.385.